The molecule has 0 aromatic heterocycles. The Morgan fingerprint density at radius 3 is 2.62 bits per heavy atom. The lowest BCUT2D eigenvalue weighted by Crippen LogP contribution is -2.51. The highest BCUT2D eigenvalue weighted by molar-refractivity contribution is 7.89. The number of amides is 2. The molecule has 8 nitrogen and oxygen atoms in total. The third kappa shape index (κ3) is 4.83. The highest BCUT2D eigenvalue weighted by Crippen LogP contribution is 2.22. The summed E-state index contributed by atoms with van der Waals surface area (Å²) in [7, 11) is -3.96. The standard InChI is InChI=1S/C17H23N3O5S/c1-13-4-6-14(7-5-13)26(24,25)20-10-9-19-17(23)15(20)12-16(22)18-8-2-3-11-21/h4-7,9-10,15,21H,2-3,8,11-12H2,1H3,(H,18,22)(H,19,23)/t15-/m1/s1. The van der Waals surface area contributed by atoms with Crippen LogP contribution >= 0.6 is 0 Å². The first kappa shape index (κ1) is 19.9. The van der Waals surface area contributed by atoms with Crippen molar-refractivity contribution in [2.45, 2.75) is 37.1 Å². The fourth-order valence-electron chi connectivity index (χ4n) is 2.48. The second-order valence-electron chi connectivity index (χ2n) is 5.97. The molecule has 1 aromatic carbocycles. The maximum atomic E-state index is 12.9. The number of nitrogens with zero attached hydrogens (tertiary/aromatic N) is 1. The van der Waals surface area contributed by atoms with Crippen molar-refractivity contribution in [1.29, 1.82) is 0 Å². The van der Waals surface area contributed by atoms with Crippen molar-refractivity contribution >= 4 is 21.8 Å². The van der Waals surface area contributed by atoms with Crippen LogP contribution in [-0.2, 0) is 19.6 Å². The van der Waals surface area contributed by atoms with Gasteiger partial charge in [-0.05, 0) is 31.9 Å². The molecule has 0 spiro atoms. The summed E-state index contributed by atoms with van der Waals surface area (Å²) < 4.78 is 26.7. The SMILES string of the molecule is Cc1ccc(S(=O)(=O)N2C=CNC(=O)[C@H]2CC(=O)NCCCCO)cc1. The molecule has 0 bridgehead atoms. The number of benzene rings is 1. The van der Waals surface area contributed by atoms with Gasteiger partial charge in [0.2, 0.25) is 11.8 Å². The first-order valence-corrected chi connectivity index (χ1v) is 9.75. The minimum Gasteiger partial charge on any atom is -0.396 e. The van der Waals surface area contributed by atoms with Crippen LogP contribution in [0.15, 0.2) is 41.6 Å². The lowest BCUT2D eigenvalue weighted by molar-refractivity contribution is -0.129. The third-order valence-corrected chi connectivity index (χ3v) is 5.74. The summed E-state index contributed by atoms with van der Waals surface area (Å²) in [4.78, 5) is 24.3. The summed E-state index contributed by atoms with van der Waals surface area (Å²) in [6, 6.07) is 5.12. The van der Waals surface area contributed by atoms with E-state index in [1.54, 1.807) is 12.1 Å². The smallest absolute Gasteiger partial charge is 0.264 e. The maximum absolute atomic E-state index is 12.9. The molecule has 1 aliphatic heterocycles. The van der Waals surface area contributed by atoms with E-state index in [2.05, 4.69) is 10.6 Å². The summed E-state index contributed by atoms with van der Waals surface area (Å²) in [5.74, 6) is -0.990. The Hall–Kier alpha value is -2.39. The number of aliphatic hydroxyl groups excluding tert-OH is 1. The Bertz CT molecular complexity index is 774. The second-order valence-corrected chi connectivity index (χ2v) is 7.82. The molecule has 0 saturated carbocycles. The molecule has 1 heterocycles. The number of rotatable bonds is 8. The summed E-state index contributed by atoms with van der Waals surface area (Å²) in [5, 5.41) is 13.8. The summed E-state index contributed by atoms with van der Waals surface area (Å²) in [5.41, 5.74) is 0.912. The van der Waals surface area contributed by atoms with Gasteiger partial charge in [-0.3, -0.25) is 13.9 Å². The number of hydrogen-bond donors (Lipinski definition) is 3. The van der Waals surface area contributed by atoms with E-state index in [0.29, 0.717) is 19.4 Å². The molecule has 0 aliphatic carbocycles. The molecule has 26 heavy (non-hydrogen) atoms. The van der Waals surface area contributed by atoms with Crippen LogP contribution < -0.4 is 10.6 Å². The van der Waals surface area contributed by atoms with E-state index in [0.717, 1.165) is 9.87 Å². The van der Waals surface area contributed by atoms with Gasteiger partial charge in [-0.25, -0.2) is 8.42 Å². The molecule has 0 saturated heterocycles. The summed E-state index contributed by atoms with van der Waals surface area (Å²) in [6.07, 6.45) is 3.36. The zero-order chi connectivity index (χ0) is 19.2. The van der Waals surface area contributed by atoms with Crippen molar-refractivity contribution in [3.05, 3.63) is 42.2 Å². The van der Waals surface area contributed by atoms with E-state index in [1.807, 2.05) is 6.92 Å². The Kier molecular flexibility index (Phi) is 6.76. The Balaban J connectivity index is 2.15. The van der Waals surface area contributed by atoms with Crippen molar-refractivity contribution in [1.82, 2.24) is 14.9 Å². The van der Waals surface area contributed by atoms with Gasteiger partial charge in [0.15, 0.2) is 0 Å². The van der Waals surface area contributed by atoms with Gasteiger partial charge in [-0.2, -0.15) is 0 Å². The molecule has 2 rings (SSSR count). The van der Waals surface area contributed by atoms with Crippen LogP contribution in [0.5, 0.6) is 0 Å². The normalized spacial score (nSPS) is 17.1. The Labute approximate surface area is 152 Å². The van der Waals surface area contributed by atoms with Crippen LogP contribution in [0.1, 0.15) is 24.8 Å². The molecule has 142 valence electrons. The number of sulfonamides is 1. The lowest BCUT2D eigenvalue weighted by Gasteiger charge is -2.31. The third-order valence-electron chi connectivity index (χ3n) is 3.94. The van der Waals surface area contributed by atoms with Gasteiger partial charge < -0.3 is 15.7 Å². The predicted molar refractivity (Wildman–Crippen MR) is 95.2 cm³/mol. The minimum absolute atomic E-state index is 0.0360. The number of unbranched alkanes of at least 4 members (excludes halogenated alkanes) is 1. The largest absolute Gasteiger partial charge is 0.396 e. The van der Waals surface area contributed by atoms with Crippen LogP contribution in [0, 0.1) is 6.92 Å². The topological polar surface area (TPSA) is 116 Å². The van der Waals surface area contributed by atoms with Crippen LogP contribution in [0.3, 0.4) is 0 Å². The number of carbonyl (C=O) groups excluding carboxylic acids is 2. The zero-order valence-corrected chi connectivity index (χ0v) is 15.3. The summed E-state index contributed by atoms with van der Waals surface area (Å²) in [6.45, 7) is 2.23. The van der Waals surface area contributed by atoms with Gasteiger partial charge in [-0.15, -0.1) is 0 Å². The van der Waals surface area contributed by atoms with Crippen molar-refractivity contribution in [3.8, 4) is 0 Å². The molecule has 1 aromatic rings. The van der Waals surface area contributed by atoms with Gasteiger partial charge in [0.1, 0.15) is 6.04 Å². The number of nitrogens with one attached hydrogen (secondary N) is 2. The fourth-order valence-corrected chi connectivity index (χ4v) is 3.93. The van der Waals surface area contributed by atoms with Crippen molar-refractivity contribution in [3.63, 3.8) is 0 Å². The van der Waals surface area contributed by atoms with Gasteiger partial charge >= 0.3 is 0 Å². The predicted octanol–water partition coefficient (Wildman–Crippen LogP) is 0.234. The average Bonchev–Trinajstić information content (AvgIpc) is 2.61. The fraction of sp³-hybridized carbons (Fsp3) is 0.412. The number of hydrogen-bond acceptors (Lipinski definition) is 5. The van der Waals surface area contributed by atoms with Gasteiger partial charge in [0.05, 0.1) is 11.3 Å². The summed E-state index contributed by atoms with van der Waals surface area (Å²) >= 11 is 0. The molecular weight excluding hydrogens is 358 g/mol. The van der Waals surface area contributed by atoms with E-state index < -0.39 is 27.9 Å². The maximum Gasteiger partial charge on any atom is 0.264 e. The highest BCUT2D eigenvalue weighted by Gasteiger charge is 2.36. The van der Waals surface area contributed by atoms with E-state index >= 15 is 0 Å². The number of aliphatic hydroxyl groups is 1. The molecule has 3 N–H and O–H groups in total. The zero-order valence-electron chi connectivity index (χ0n) is 14.5. The molecule has 0 radical (unpaired) electrons. The first-order valence-electron chi connectivity index (χ1n) is 8.31. The van der Waals surface area contributed by atoms with Crippen LogP contribution in [0.2, 0.25) is 0 Å². The van der Waals surface area contributed by atoms with Crippen LogP contribution in [0.25, 0.3) is 0 Å². The molecule has 2 amide bonds. The molecule has 1 aliphatic rings. The van der Waals surface area contributed by atoms with E-state index in [4.69, 9.17) is 5.11 Å². The van der Waals surface area contributed by atoms with Gasteiger partial charge in [0.25, 0.3) is 10.0 Å². The van der Waals surface area contributed by atoms with E-state index in [-0.39, 0.29) is 17.9 Å². The number of aryl methyl sites for hydroxylation is 1. The Morgan fingerprint density at radius 1 is 1.27 bits per heavy atom. The molecule has 9 heteroatoms. The van der Waals surface area contributed by atoms with E-state index in [9.17, 15) is 18.0 Å². The average molecular weight is 381 g/mol. The van der Waals surface area contributed by atoms with Gasteiger partial charge in [-0.1, -0.05) is 17.7 Å². The second kappa shape index (κ2) is 8.81. The van der Waals surface area contributed by atoms with Gasteiger partial charge in [0, 0.05) is 25.6 Å². The van der Waals surface area contributed by atoms with Crippen molar-refractivity contribution < 1.29 is 23.1 Å². The van der Waals surface area contributed by atoms with Crippen molar-refractivity contribution in [2.75, 3.05) is 13.2 Å². The highest BCUT2D eigenvalue weighted by atomic mass is 32.2. The molecule has 0 unspecified atom stereocenters. The van der Waals surface area contributed by atoms with E-state index in [1.165, 1.54) is 24.5 Å². The molecular formula is C17H23N3O5S. The van der Waals surface area contributed by atoms with Crippen LogP contribution in [-0.4, -0.2) is 48.8 Å². The molecule has 1 atom stereocenters. The first-order chi connectivity index (χ1) is 12.4. The van der Waals surface area contributed by atoms with Crippen LogP contribution in [0.4, 0.5) is 0 Å². The molecule has 0 fully saturated rings. The quantitative estimate of drug-likeness (QED) is 0.558. The minimum atomic E-state index is -3.96. The lowest BCUT2D eigenvalue weighted by atomic mass is 10.1. The monoisotopic (exact) mass is 381 g/mol. The number of carbonyl (C=O) groups is 2. The van der Waals surface area contributed by atoms with Crippen molar-refractivity contribution in [2.24, 2.45) is 0 Å². The Morgan fingerprint density at radius 2 is 1.96 bits per heavy atom.